The maximum absolute atomic E-state index is 12.9. The van der Waals surface area contributed by atoms with Crippen LogP contribution in [0.2, 0.25) is 0 Å². The number of carbonyl (C=O) groups excluding carboxylic acids is 1. The molecule has 0 unspecified atom stereocenters. The Balaban J connectivity index is 1.54. The molecule has 0 bridgehead atoms. The highest BCUT2D eigenvalue weighted by Crippen LogP contribution is 2.22. The molecular weight excluding hydrogens is 341 g/mol. The Labute approximate surface area is 158 Å². The van der Waals surface area contributed by atoms with E-state index in [2.05, 4.69) is 15.2 Å². The topological polar surface area (TPSA) is 45.2 Å². The van der Waals surface area contributed by atoms with Gasteiger partial charge in [-0.3, -0.25) is 9.78 Å². The van der Waals surface area contributed by atoms with Crippen molar-refractivity contribution in [1.82, 2.24) is 10.3 Å². The quantitative estimate of drug-likeness (QED) is 0.665. The van der Waals surface area contributed by atoms with E-state index < -0.39 is 0 Å². The normalized spacial score (nSPS) is 10.7. The van der Waals surface area contributed by atoms with Gasteiger partial charge in [0.05, 0.1) is 0 Å². The molecule has 3 aromatic rings. The molecule has 0 spiro atoms. The van der Waals surface area contributed by atoms with Crippen molar-refractivity contribution in [3.8, 4) is 0 Å². The Hall–Kier alpha value is -3.47. The zero-order valence-electron chi connectivity index (χ0n) is 15.0. The summed E-state index contributed by atoms with van der Waals surface area (Å²) in [5.41, 5.74) is 3.88. The van der Waals surface area contributed by atoms with Crippen molar-refractivity contribution < 1.29 is 9.18 Å². The van der Waals surface area contributed by atoms with Crippen LogP contribution in [0.25, 0.3) is 6.08 Å². The number of hydrogen-bond acceptors (Lipinski definition) is 3. The van der Waals surface area contributed by atoms with Crippen LogP contribution in [0.1, 0.15) is 11.1 Å². The number of rotatable bonds is 6. The van der Waals surface area contributed by atoms with Crippen molar-refractivity contribution in [1.29, 1.82) is 0 Å². The largest absolute Gasteiger partial charge is 0.348 e. The maximum atomic E-state index is 12.9. The summed E-state index contributed by atoms with van der Waals surface area (Å²) in [5, 5.41) is 2.84. The molecule has 2 aromatic carbocycles. The zero-order valence-corrected chi connectivity index (χ0v) is 15.0. The Bertz CT molecular complexity index is 907. The molecule has 4 nitrogen and oxygen atoms in total. The van der Waals surface area contributed by atoms with E-state index in [1.807, 2.05) is 43.4 Å². The van der Waals surface area contributed by atoms with Crippen LogP contribution in [0.5, 0.6) is 0 Å². The lowest BCUT2D eigenvalue weighted by Crippen LogP contribution is -2.20. The third-order valence-corrected chi connectivity index (χ3v) is 4.14. The van der Waals surface area contributed by atoms with E-state index in [9.17, 15) is 9.18 Å². The molecular formula is C22H20FN3O. The van der Waals surface area contributed by atoms with Crippen LogP contribution in [0.4, 0.5) is 15.8 Å². The minimum Gasteiger partial charge on any atom is -0.348 e. The number of aromatic nitrogens is 1. The number of carbonyl (C=O) groups is 1. The third kappa shape index (κ3) is 5.25. The number of amides is 1. The molecule has 27 heavy (non-hydrogen) atoms. The van der Waals surface area contributed by atoms with Crippen molar-refractivity contribution in [2.24, 2.45) is 0 Å². The second kappa shape index (κ2) is 8.76. The first kappa shape index (κ1) is 18.3. The fraction of sp³-hybridized carbons (Fsp3) is 0.0909. The van der Waals surface area contributed by atoms with Gasteiger partial charge in [0.15, 0.2) is 0 Å². The molecule has 0 radical (unpaired) electrons. The molecule has 0 atom stereocenters. The summed E-state index contributed by atoms with van der Waals surface area (Å²) >= 11 is 0. The molecule has 1 N–H and O–H groups in total. The number of nitrogens with zero attached hydrogens (tertiary/aromatic N) is 2. The molecule has 3 rings (SSSR count). The summed E-state index contributed by atoms with van der Waals surface area (Å²) in [6.07, 6.45) is 6.62. The molecule has 136 valence electrons. The van der Waals surface area contributed by atoms with E-state index in [0.717, 1.165) is 22.5 Å². The van der Waals surface area contributed by atoms with E-state index in [4.69, 9.17) is 0 Å². The average Bonchev–Trinajstić information content (AvgIpc) is 2.72. The van der Waals surface area contributed by atoms with Gasteiger partial charge in [-0.15, -0.1) is 0 Å². The first-order valence-corrected chi connectivity index (χ1v) is 8.56. The maximum Gasteiger partial charge on any atom is 0.244 e. The zero-order chi connectivity index (χ0) is 19.1. The van der Waals surface area contributed by atoms with Crippen molar-refractivity contribution >= 4 is 23.4 Å². The molecule has 1 amide bonds. The second-order valence-corrected chi connectivity index (χ2v) is 6.03. The van der Waals surface area contributed by atoms with Crippen LogP contribution in [0, 0.1) is 5.82 Å². The molecule has 0 aliphatic carbocycles. The number of nitrogens with one attached hydrogen (secondary N) is 1. The molecule has 5 heteroatoms. The Morgan fingerprint density at radius 3 is 2.30 bits per heavy atom. The highest BCUT2D eigenvalue weighted by atomic mass is 19.1. The van der Waals surface area contributed by atoms with Gasteiger partial charge in [-0.1, -0.05) is 24.3 Å². The van der Waals surface area contributed by atoms with E-state index in [-0.39, 0.29) is 11.7 Å². The first-order chi connectivity index (χ1) is 13.1. The molecule has 1 heterocycles. The number of hydrogen-bond donors (Lipinski definition) is 1. The third-order valence-electron chi connectivity index (χ3n) is 4.14. The van der Waals surface area contributed by atoms with Gasteiger partial charge >= 0.3 is 0 Å². The van der Waals surface area contributed by atoms with Gasteiger partial charge in [-0.25, -0.2) is 4.39 Å². The molecule has 0 aliphatic heterocycles. The van der Waals surface area contributed by atoms with E-state index in [0.29, 0.717) is 6.54 Å². The molecule has 0 saturated carbocycles. The van der Waals surface area contributed by atoms with Crippen LogP contribution in [0.3, 0.4) is 0 Å². The van der Waals surface area contributed by atoms with Crippen LogP contribution in [0.15, 0.2) is 79.1 Å². The minimum absolute atomic E-state index is 0.197. The summed E-state index contributed by atoms with van der Waals surface area (Å²) in [5.74, 6) is -0.494. The lowest BCUT2D eigenvalue weighted by molar-refractivity contribution is -0.116. The number of benzene rings is 2. The Morgan fingerprint density at radius 2 is 1.63 bits per heavy atom. The van der Waals surface area contributed by atoms with Gasteiger partial charge in [0, 0.05) is 43.4 Å². The summed E-state index contributed by atoms with van der Waals surface area (Å²) in [6, 6.07) is 17.8. The molecule has 0 saturated heterocycles. The van der Waals surface area contributed by atoms with Crippen LogP contribution < -0.4 is 10.2 Å². The minimum atomic E-state index is -0.297. The standard InChI is InChI=1S/C22H20FN3O/c1-26(21-12-14-24-15-13-21)20-9-4-18(5-10-20)16-25-22(27)11-6-17-2-7-19(23)8-3-17/h2-15H,16H2,1H3,(H,25,27). The van der Waals surface area contributed by atoms with Crippen molar-refractivity contribution in [2.45, 2.75) is 6.54 Å². The van der Waals surface area contributed by atoms with E-state index in [1.165, 1.54) is 18.2 Å². The van der Waals surface area contributed by atoms with Crippen molar-refractivity contribution in [2.75, 3.05) is 11.9 Å². The predicted molar refractivity (Wildman–Crippen MR) is 106 cm³/mol. The van der Waals surface area contributed by atoms with E-state index >= 15 is 0 Å². The van der Waals surface area contributed by atoms with Crippen molar-refractivity contribution in [3.05, 3.63) is 96.1 Å². The van der Waals surface area contributed by atoms with Gasteiger partial charge in [-0.2, -0.15) is 0 Å². The van der Waals surface area contributed by atoms with Crippen LogP contribution in [-0.2, 0) is 11.3 Å². The van der Waals surface area contributed by atoms with Crippen LogP contribution in [-0.4, -0.2) is 17.9 Å². The summed E-state index contributed by atoms with van der Waals surface area (Å²) in [4.78, 5) is 18.0. The van der Waals surface area contributed by atoms with Gasteiger partial charge in [-0.05, 0) is 53.6 Å². The number of pyridine rings is 1. The lowest BCUT2D eigenvalue weighted by Gasteiger charge is -2.19. The SMILES string of the molecule is CN(c1ccncc1)c1ccc(CNC(=O)C=Cc2ccc(F)cc2)cc1. The van der Waals surface area contributed by atoms with Gasteiger partial charge in [0.1, 0.15) is 5.82 Å². The average molecular weight is 361 g/mol. The number of anilines is 2. The monoisotopic (exact) mass is 361 g/mol. The second-order valence-electron chi connectivity index (χ2n) is 6.03. The Morgan fingerprint density at radius 1 is 1.00 bits per heavy atom. The fourth-order valence-electron chi connectivity index (χ4n) is 2.55. The van der Waals surface area contributed by atoms with Gasteiger partial charge in [0.2, 0.25) is 5.91 Å². The first-order valence-electron chi connectivity index (χ1n) is 8.56. The van der Waals surface area contributed by atoms with Crippen LogP contribution >= 0.6 is 0 Å². The van der Waals surface area contributed by atoms with Crippen molar-refractivity contribution in [3.63, 3.8) is 0 Å². The van der Waals surface area contributed by atoms with E-state index in [1.54, 1.807) is 30.6 Å². The Kier molecular flexibility index (Phi) is 5.94. The lowest BCUT2D eigenvalue weighted by atomic mass is 10.2. The highest BCUT2D eigenvalue weighted by molar-refractivity contribution is 5.91. The summed E-state index contributed by atoms with van der Waals surface area (Å²) < 4.78 is 12.9. The molecule has 0 aliphatic rings. The predicted octanol–water partition coefficient (Wildman–Crippen LogP) is 4.32. The summed E-state index contributed by atoms with van der Waals surface area (Å²) in [6.45, 7) is 0.436. The molecule has 0 fully saturated rings. The van der Waals surface area contributed by atoms with Gasteiger partial charge < -0.3 is 10.2 Å². The number of halogens is 1. The summed E-state index contributed by atoms with van der Waals surface area (Å²) in [7, 11) is 1.99. The smallest absolute Gasteiger partial charge is 0.244 e. The highest BCUT2D eigenvalue weighted by Gasteiger charge is 2.04. The molecule has 1 aromatic heterocycles. The fourth-order valence-corrected chi connectivity index (χ4v) is 2.55. The van der Waals surface area contributed by atoms with Gasteiger partial charge in [0.25, 0.3) is 0 Å².